The molecule has 1 fully saturated rings. The largest absolute Gasteiger partial charge is 0.497 e. The summed E-state index contributed by atoms with van der Waals surface area (Å²) in [5.74, 6) is -1.30. The molecule has 0 bridgehead atoms. The van der Waals surface area contributed by atoms with Crippen molar-refractivity contribution in [3.8, 4) is 5.75 Å². The lowest BCUT2D eigenvalue weighted by Gasteiger charge is -2.35. The van der Waals surface area contributed by atoms with E-state index >= 15 is 0 Å². The van der Waals surface area contributed by atoms with E-state index in [1.807, 2.05) is 35.2 Å². The number of fused-ring (bicyclic) bond motifs is 1. The first-order valence-electron chi connectivity index (χ1n) is 12.1. The molecule has 0 spiro atoms. The van der Waals surface area contributed by atoms with Crippen LogP contribution in [0.15, 0.2) is 91.2 Å². The Balaban J connectivity index is 2.01. The number of hydrogen-bond acceptors (Lipinski definition) is 8. The first-order valence-corrected chi connectivity index (χ1v) is 12.1. The summed E-state index contributed by atoms with van der Waals surface area (Å²) in [6.45, 7) is 8.53. The maximum absolute atomic E-state index is 14.3. The Kier molecular flexibility index (Phi) is 8.09. The summed E-state index contributed by atoms with van der Waals surface area (Å²) in [5, 5.41) is 3.07. The van der Waals surface area contributed by atoms with Gasteiger partial charge < -0.3 is 14.2 Å². The number of hydrazine groups is 1. The van der Waals surface area contributed by atoms with Gasteiger partial charge in [0.25, 0.3) is 5.91 Å². The fourth-order valence-electron chi connectivity index (χ4n) is 5.21. The lowest BCUT2D eigenvalue weighted by Crippen LogP contribution is -2.45. The number of amides is 1. The molecule has 2 aliphatic rings. The molecule has 2 aliphatic heterocycles. The van der Waals surface area contributed by atoms with E-state index in [4.69, 9.17) is 14.2 Å². The monoisotopic (exact) mass is 517 g/mol. The average molecular weight is 518 g/mol. The first-order chi connectivity index (χ1) is 18.4. The van der Waals surface area contributed by atoms with Crippen molar-refractivity contribution >= 4 is 17.8 Å². The van der Waals surface area contributed by atoms with Gasteiger partial charge in [0.2, 0.25) is 0 Å². The summed E-state index contributed by atoms with van der Waals surface area (Å²) < 4.78 is 15.5. The Hall–Kier alpha value is -4.21. The van der Waals surface area contributed by atoms with Crippen molar-refractivity contribution in [1.29, 1.82) is 0 Å². The Morgan fingerprint density at radius 2 is 1.50 bits per heavy atom. The van der Waals surface area contributed by atoms with Gasteiger partial charge in [0.1, 0.15) is 11.8 Å². The Morgan fingerprint density at radius 3 is 2.03 bits per heavy atom. The second kappa shape index (κ2) is 11.5. The van der Waals surface area contributed by atoms with Gasteiger partial charge in [-0.05, 0) is 23.3 Å². The summed E-state index contributed by atoms with van der Waals surface area (Å²) in [6, 6.07) is 14.5. The van der Waals surface area contributed by atoms with Gasteiger partial charge in [0.05, 0.1) is 39.0 Å². The molecular weight excluding hydrogens is 486 g/mol. The van der Waals surface area contributed by atoms with E-state index in [9.17, 15) is 14.4 Å². The highest BCUT2D eigenvalue weighted by Gasteiger charge is 2.61. The second-order valence-electron chi connectivity index (χ2n) is 8.78. The van der Waals surface area contributed by atoms with Crippen molar-refractivity contribution in [2.45, 2.75) is 18.1 Å². The molecule has 0 unspecified atom stereocenters. The molecule has 3 atom stereocenters. The Bertz CT molecular complexity index is 1250. The van der Waals surface area contributed by atoms with Crippen LogP contribution in [0, 0.1) is 0 Å². The van der Waals surface area contributed by atoms with Gasteiger partial charge in [-0.15, -0.1) is 13.2 Å². The smallest absolute Gasteiger partial charge is 0.356 e. The van der Waals surface area contributed by atoms with Gasteiger partial charge in [-0.1, -0.05) is 54.6 Å². The molecule has 0 radical (unpaired) electrons. The summed E-state index contributed by atoms with van der Waals surface area (Å²) >= 11 is 0. The number of carbonyl (C=O) groups is 3. The highest BCUT2D eigenvalue weighted by atomic mass is 16.5. The minimum absolute atomic E-state index is 0.0243. The van der Waals surface area contributed by atoms with E-state index in [-0.39, 0.29) is 17.2 Å². The molecule has 9 nitrogen and oxygen atoms in total. The molecule has 1 amide bonds. The highest BCUT2D eigenvalue weighted by Crippen LogP contribution is 2.52. The SMILES string of the molecule is C=CCN(CC=C)[C@@H]1C(=O)N2C(C(=O)OC)=C(C(=O)OC)[C@@H](c3ccc(OC)cc3)N2[C@H]1c1ccccc1. The third-order valence-corrected chi connectivity index (χ3v) is 6.76. The molecule has 198 valence electrons. The predicted molar refractivity (Wildman–Crippen MR) is 140 cm³/mol. The molecule has 2 aromatic rings. The minimum atomic E-state index is -0.823. The maximum atomic E-state index is 14.3. The molecule has 2 heterocycles. The third kappa shape index (κ3) is 4.51. The second-order valence-corrected chi connectivity index (χ2v) is 8.78. The maximum Gasteiger partial charge on any atom is 0.356 e. The molecule has 0 aliphatic carbocycles. The van der Waals surface area contributed by atoms with E-state index in [1.165, 1.54) is 19.2 Å². The van der Waals surface area contributed by atoms with Gasteiger partial charge >= 0.3 is 11.9 Å². The van der Waals surface area contributed by atoms with Crippen LogP contribution in [0.2, 0.25) is 0 Å². The van der Waals surface area contributed by atoms with Crippen LogP contribution < -0.4 is 4.74 Å². The fraction of sp³-hybridized carbons (Fsp3) is 0.276. The molecular formula is C29H31N3O6. The topological polar surface area (TPSA) is 88.6 Å². The quantitative estimate of drug-likeness (QED) is 0.351. The predicted octanol–water partition coefficient (Wildman–Crippen LogP) is 3.19. The zero-order valence-electron chi connectivity index (χ0n) is 21.7. The summed E-state index contributed by atoms with van der Waals surface area (Å²) in [5.41, 5.74) is 1.37. The summed E-state index contributed by atoms with van der Waals surface area (Å²) in [6.07, 6.45) is 3.44. The molecule has 0 N–H and O–H groups in total. The van der Waals surface area contributed by atoms with E-state index in [2.05, 4.69) is 13.2 Å². The molecule has 9 heteroatoms. The van der Waals surface area contributed by atoms with Crippen LogP contribution in [0.4, 0.5) is 0 Å². The lowest BCUT2D eigenvalue weighted by atomic mass is 9.92. The van der Waals surface area contributed by atoms with Crippen LogP contribution in [0.3, 0.4) is 0 Å². The van der Waals surface area contributed by atoms with Gasteiger partial charge in [0.15, 0.2) is 5.70 Å². The van der Waals surface area contributed by atoms with E-state index in [1.54, 1.807) is 48.5 Å². The van der Waals surface area contributed by atoms with Gasteiger partial charge in [-0.3, -0.25) is 9.69 Å². The summed E-state index contributed by atoms with van der Waals surface area (Å²) in [7, 11) is 4.01. The van der Waals surface area contributed by atoms with E-state index < -0.39 is 30.1 Å². The van der Waals surface area contributed by atoms with Crippen LogP contribution >= 0.6 is 0 Å². The number of rotatable bonds is 10. The van der Waals surface area contributed by atoms with Crippen molar-refractivity contribution in [3.05, 3.63) is 102 Å². The van der Waals surface area contributed by atoms with Crippen molar-refractivity contribution in [2.24, 2.45) is 0 Å². The van der Waals surface area contributed by atoms with Crippen molar-refractivity contribution in [1.82, 2.24) is 14.9 Å². The van der Waals surface area contributed by atoms with Gasteiger partial charge in [0, 0.05) is 13.1 Å². The van der Waals surface area contributed by atoms with Crippen molar-refractivity contribution in [3.63, 3.8) is 0 Å². The molecule has 1 saturated heterocycles. The molecule has 4 rings (SSSR count). The van der Waals surface area contributed by atoms with Crippen molar-refractivity contribution < 1.29 is 28.6 Å². The van der Waals surface area contributed by atoms with Crippen LogP contribution in [0.5, 0.6) is 5.75 Å². The standard InChI is InChI=1S/C29H31N3O6/c1-6-17-30(18-7-2)26-24(19-11-9-8-10-12-19)31-23(20-13-15-21(36-3)16-14-20)22(28(34)37-4)25(29(35)38-5)32(31)27(26)33/h6-16,23-24,26H,1-2,17-18H2,3-5H3/t23-,24+,26+/m1/s1. The van der Waals surface area contributed by atoms with Crippen molar-refractivity contribution in [2.75, 3.05) is 34.4 Å². The molecule has 0 aromatic heterocycles. The van der Waals surface area contributed by atoms with Crippen LogP contribution in [0.25, 0.3) is 0 Å². The Morgan fingerprint density at radius 1 is 0.895 bits per heavy atom. The molecule has 38 heavy (non-hydrogen) atoms. The highest BCUT2D eigenvalue weighted by molar-refractivity contribution is 6.06. The van der Waals surface area contributed by atoms with Gasteiger partial charge in [-0.2, -0.15) is 5.01 Å². The molecule has 2 aromatic carbocycles. The summed E-state index contributed by atoms with van der Waals surface area (Å²) in [4.78, 5) is 42.7. The number of methoxy groups -OCH3 is 3. The minimum Gasteiger partial charge on any atom is -0.497 e. The number of esters is 2. The Labute approximate surface area is 222 Å². The van der Waals surface area contributed by atoms with Crippen LogP contribution in [-0.4, -0.2) is 73.2 Å². The van der Waals surface area contributed by atoms with E-state index in [0.717, 1.165) is 5.56 Å². The van der Waals surface area contributed by atoms with E-state index in [0.29, 0.717) is 24.4 Å². The number of nitrogens with zero attached hydrogens (tertiary/aromatic N) is 3. The zero-order valence-corrected chi connectivity index (χ0v) is 21.7. The fourth-order valence-corrected chi connectivity index (χ4v) is 5.21. The normalized spacial score (nSPS) is 20.9. The van der Waals surface area contributed by atoms with Crippen LogP contribution in [-0.2, 0) is 23.9 Å². The number of carbonyl (C=O) groups excluding carboxylic acids is 3. The third-order valence-electron chi connectivity index (χ3n) is 6.76. The van der Waals surface area contributed by atoms with Crippen LogP contribution in [0.1, 0.15) is 23.2 Å². The number of ether oxygens (including phenoxy) is 3. The zero-order chi connectivity index (χ0) is 27.4. The lowest BCUT2D eigenvalue weighted by molar-refractivity contribution is -0.147. The number of benzene rings is 2. The molecule has 0 saturated carbocycles. The average Bonchev–Trinajstić information content (AvgIpc) is 3.45. The van der Waals surface area contributed by atoms with Gasteiger partial charge in [-0.25, -0.2) is 14.6 Å². The first kappa shape index (κ1) is 26.8. The number of hydrogen-bond donors (Lipinski definition) is 0.